The Morgan fingerprint density at radius 2 is 1.45 bits per heavy atom. The molecular formula is C30H32N4O6. The molecule has 0 radical (unpaired) electrons. The highest BCUT2D eigenvalue weighted by Crippen LogP contribution is 2.44. The van der Waals surface area contributed by atoms with Crippen molar-refractivity contribution in [1.29, 1.82) is 0 Å². The molecule has 0 fully saturated rings. The molecule has 6 N–H and O–H groups in total. The normalized spacial score (nSPS) is 12.9. The molecule has 0 heterocycles. The number of amides is 4. The Balaban J connectivity index is 1.31. The average Bonchev–Trinajstić information content (AvgIpc) is 3.24. The van der Waals surface area contributed by atoms with E-state index in [2.05, 4.69) is 40.2 Å². The predicted octanol–water partition coefficient (Wildman–Crippen LogP) is 3.28. The molecule has 40 heavy (non-hydrogen) atoms. The van der Waals surface area contributed by atoms with E-state index < -0.39 is 35.6 Å². The van der Waals surface area contributed by atoms with E-state index in [1.807, 2.05) is 24.3 Å². The molecule has 1 aliphatic rings. The van der Waals surface area contributed by atoms with Gasteiger partial charge in [0.15, 0.2) is 0 Å². The van der Waals surface area contributed by atoms with Crippen LogP contribution in [0.25, 0.3) is 11.1 Å². The molecule has 0 saturated heterocycles. The molecule has 10 nitrogen and oxygen atoms in total. The van der Waals surface area contributed by atoms with Crippen LogP contribution in [0.1, 0.15) is 42.0 Å². The van der Waals surface area contributed by atoms with E-state index in [4.69, 9.17) is 15.6 Å². The van der Waals surface area contributed by atoms with Gasteiger partial charge in [0.2, 0.25) is 11.8 Å². The second-order valence-corrected chi connectivity index (χ2v) is 10.2. The molecule has 0 saturated carbocycles. The monoisotopic (exact) mass is 544 g/mol. The molecule has 0 spiro atoms. The first-order chi connectivity index (χ1) is 19.0. The summed E-state index contributed by atoms with van der Waals surface area (Å²) in [6.45, 7) is 3.30. The van der Waals surface area contributed by atoms with Crippen LogP contribution in [-0.2, 0) is 27.3 Å². The Labute approximate surface area is 231 Å². The second kappa shape index (κ2) is 11.9. The smallest absolute Gasteiger partial charge is 0.407 e. The maximum absolute atomic E-state index is 12.6. The van der Waals surface area contributed by atoms with Crippen molar-refractivity contribution in [3.63, 3.8) is 0 Å². The highest BCUT2D eigenvalue weighted by molar-refractivity contribution is 5.92. The molecule has 0 aromatic heterocycles. The van der Waals surface area contributed by atoms with Crippen LogP contribution in [0.2, 0.25) is 0 Å². The van der Waals surface area contributed by atoms with Crippen LogP contribution in [0.3, 0.4) is 0 Å². The van der Waals surface area contributed by atoms with E-state index in [1.165, 1.54) is 13.8 Å². The van der Waals surface area contributed by atoms with Gasteiger partial charge in [0.1, 0.15) is 18.2 Å². The lowest BCUT2D eigenvalue weighted by atomic mass is 9.98. The Bertz CT molecular complexity index is 1370. The van der Waals surface area contributed by atoms with E-state index in [1.54, 1.807) is 24.3 Å². The summed E-state index contributed by atoms with van der Waals surface area (Å²) < 4.78 is 5.57. The third-order valence-electron chi connectivity index (χ3n) is 6.91. The second-order valence-electron chi connectivity index (χ2n) is 10.2. The van der Waals surface area contributed by atoms with Crippen molar-refractivity contribution >= 4 is 24.0 Å². The topological polar surface area (TPSA) is 160 Å². The molecule has 3 aromatic rings. The highest BCUT2D eigenvalue weighted by Gasteiger charge is 2.31. The van der Waals surface area contributed by atoms with Gasteiger partial charge in [-0.3, -0.25) is 9.59 Å². The Morgan fingerprint density at radius 1 is 0.900 bits per heavy atom. The largest absolute Gasteiger partial charge is 0.465 e. The number of carboxylic acid groups (broad SMARTS) is 1. The van der Waals surface area contributed by atoms with Crippen LogP contribution in [0.4, 0.5) is 9.59 Å². The molecule has 10 heteroatoms. The van der Waals surface area contributed by atoms with Gasteiger partial charge >= 0.3 is 12.2 Å². The first-order valence-corrected chi connectivity index (χ1v) is 12.8. The number of hydrogen-bond acceptors (Lipinski definition) is 5. The summed E-state index contributed by atoms with van der Waals surface area (Å²) in [6, 6.07) is 22.1. The molecule has 0 bridgehead atoms. The molecule has 1 aliphatic carbocycles. The minimum Gasteiger partial charge on any atom is -0.465 e. The van der Waals surface area contributed by atoms with E-state index in [-0.39, 0.29) is 25.5 Å². The van der Waals surface area contributed by atoms with Crippen LogP contribution in [0, 0.1) is 0 Å². The molecule has 3 aromatic carbocycles. The van der Waals surface area contributed by atoms with Crippen LogP contribution in [0.15, 0.2) is 72.8 Å². The van der Waals surface area contributed by atoms with E-state index >= 15 is 0 Å². The highest BCUT2D eigenvalue weighted by atomic mass is 16.5. The van der Waals surface area contributed by atoms with Crippen molar-refractivity contribution in [2.24, 2.45) is 5.73 Å². The number of alkyl carbamates (subject to hydrolysis) is 1. The molecule has 0 aliphatic heterocycles. The molecule has 4 rings (SSSR count). The van der Waals surface area contributed by atoms with Gasteiger partial charge in [-0.1, -0.05) is 72.8 Å². The number of nitrogens with two attached hydrogens (primary N) is 1. The van der Waals surface area contributed by atoms with Gasteiger partial charge in [-0.2, -0.15) is 0 Å². The third-order valence-corrected chi connectivity index (χ3v) is 6.91. The van der Waals surface area contributed by atoms with Gasteiger partial charge < -0.3 is 31.5 Å². The van der Waals surface area contributed by atoms with Crippen LogP contribution >= 0.6 is 0 Å². The number of fused-ring (bicyclic) bond motifs is 3. The number of nitrogens with one attached hydrogen (secondary N) is 3. The lowest BCUT2D eigenvalue weighted by Crippen LogP contribution is -2.58. The molecular weight excluding hydrogens is 512 g/mol. The summed E-state index contributed by atoms with van der Waals surface area (Å²) in [4.78, 5) is 47.9. The lowest BCUT2D eigenvalue weighted by molar-refractivity contribution is -0.131. The Morgan fingerprint density at radius 3 is 2.00 bits per heavy atom. The van der Waals surface area contributed by atoms with Crippen LogP contribution < -0.4 is 21.7 Å². The van der Waals surface area contributed by atoms with Crippen molar-refractivity contribution in [1.82, 2.24) is 16.0 Å². The van der Waals surface area contributed by atoms with Crippen molar-refractivity contribution in [3.05, 3.63) is 95.1 Å². The van der Waals surface area contributed by atoms with Crippen molar-refractivity contribution in [2.75, 3.05) is 6.61 Å². The fourth-order valence-corrected chi connectivity index (χ4v) is 4.67. The number of hydrogen-bond donors (Lipinski definition) is 5. The van der Waals surface area contributed by atoms with Gasteiger partial charge in [0.25, 0.3) is 0 Å². The average molecular weight is 545 g/mol. The minimum absolute atomic E-state index is 0.0319. The Hall–Kier alpha value is -4.86. The minimum atomic E-state index is -1.37. The first kappa shape index (κ1) is 28.2. The fraction of sp³-hybridized carbons (Fsp3) is 0.267. The SMILES string of the molecule is CC(C)(NC(=O)[C@H](Cc1ccc(CNC(=O)OCC2c3ccccc3-c3ccccc32)cc1)NC(=O)O)C(N)=O. The van der Waals surface area contributed by atoms with Crippen molar-refractivity contribution < 1.29 is 29.0 Å². The molecule has 0 unspecified atom stereocenters. The summed E-state index contributed by atoms with van der Waals surface area (Å²) in [5, 5.41) is 16.6. The number of ether oxygens (including phenoxy) is 1. The van der Waals surface area contributed by atoms with Gasteiger partial charge in [-0.15, -0.1) is 0 Å². The van der Waals surface area contributed by atoms with Gasteiger partial charge in [-0.05, 0) is 47.2 Å². The van der Waals surface area contributed by atoms with Gasteiger partial charge in [0, 0.05) is 18.9 Å². The zero-order chi connectivity index (χ0) is 28.9. The summed E-state index contributed by atoms with van der Waals surface area (Å²) >= 11 is 0. The quantitative estimate of drug-likeness (QED) is 0.263. The summed E-state index contributed by atoms with van der Waals surface area (Å²) in [6.07, 6.45) is -1.86. The number of primary amides is 1. The first-order valence-electron chi connectivity index (χ1n) is 12.8. The summed E-state index contributed by atoms with van der Waals surface area (Å²) in [7, 11) is 0. The summed E-state index contributed by atoms with van der Waals surface area (Å²) in [5.74, 6) is -1.45. The van der Waals surface area contributed by atoms with Crippen LogP contribution in [0.5, 0.6) is 0 Å². The number of carbonyl (C=O) groups is 4. The zero-order valence-electron chi connectivity index (χ0n) is 22.3. The maximum Gasteiger partial charge on any atom is 0.407 e. The fourth-order valence-electron chi connectivity index (χ4n) is 4.67. The number of benzene rings is 3. The maximum atomic E-state index is 12.6. The molecule has 208 valence electrons. The van der Waals surface area contributed by atoms with E-state index in [0.717, 1.165) is 27.8 Å². The number of carbonyl (C=O) groups excluding carboxylic acids is 3. The molecule has 4 amide bonds. The number of rotatable bonds is 10. The van der Waals surface area contributed by atoms with E-state index in [0.29, 0.717) is 5.56 Å². The standard InChI is InChI=1S/C30H32N4O6/c1-30(2,27(31)36)34-26(35)25(33-28(37)38)15-18-11-13-19(14-12-18)16-32-29(39)40-17-24-22-9-5-3-7-20(22)21-8-4-6-10-23(21)24/h3-14,24-25,33H,15-17H2,1-2H3,(H2,31,36)(H,32,39)(H,34,35)(H,37,38)/t25-/m0/s1. The van der Waals surface area contributed by atoms with Crippen molar-refractivity contribution in [3.8, 4) is 11.1 Å². The lowest BCUT2D eigenvalue weighted by Gasteiger charge is -2.26. The summed E-state index contributed by atoms with van der Waals surface area (Å²) in [5.41, 5.74) is 10.0. The Kier molecular flexibility index (Phi) is 8.37. The van der Waals surface area contributed by atoms with Gasteiger partial charge in [0.05, 0.1) is 0 Å². The van der Waals surface area contributed by atoms with Gasteiger partial charge in [-0.25, -0.2) is 9.59 Å². The van der Waals surface area contributed by atoms with Crippen LogP contribution in [-0.4, -0.2) is 47.3 Å². The zero-order valence-corrected chi connectivity index (χ0v) is 22.3. The van der Waals surface area contributed by atoms with Crippen molar-refractivity contribution in [2.45, 2.75) is 44.3 Å². The molecule has 1 atom stereocenters. The third kappa shape index (κ3) is 6.58. The predicted molar refractivity (Wildman–Crippen MR) is 148 cm³/mol. The van der Waals surface area contributed by atoms with E-state index in [9.17, 15) is 19.2 Å².